The third kappa shape index (κ3) is 5.08. The van der Waals surface area contributed by atoms with Gasteiger partial charge in [-0.1, -0.05) is 23.7 Å². The van der Waals surface area contributed by atoms with Crippen molar-refractivity contribution in [2.45, 2.75) is 19.4 Å². The number of amides is 1. The summed E-state index contributed by atoms with van der Waals surface area (Å²) >= 11 is 5.87. The van der Waals surface area contributed by atoms with Crippen molar-refractivity contribution in [2.75, 3.05) is 6.54 Å². The minimum Gasteiger partial charge on any atom is -0.481 e. The van der Waals surface area contributed by atoms with Crippen LogP contribution in [0.1, 0.15) is 12.5 Å². The lowest BCUT2D eigenvalue weighted by atomic mass is 10.2. The van der Waals surface area contributed by atoms with E-state index in [1.807, 2.05) is 12.1 Å². The lowest BCUT2D eigenvalue weighted by Gasteiger charge is -2.14. The average Bonchev–Trinajstić information content (AvgIpc) is 2.48. The minimum absolute atomic E-state index is 0.154. The highest BCUT2D eigenvalue weighted by Crippen LogP contribution is 2.18. The normalized spacial score (nSPS) is 11.7. The molecule has 21 heavy (non-hydrogen) atoms. The van der Waals surface area contributed by atoms with E-state index in [1.54, 1.807) is 43.6 Å². The minimum atomic E-state index is -0.572. The fraction of sp³-hybridized carbons (Fsp3) is 0.250. The van der Waals surface area contributed by atoms with Crippen LogP contribution in [-0.2, 0) is 11.2 Å². The number of aromatic nitrogens is 1. The van der Waals surface area contributed by atoms with Crippen LogP contribution in [0.3, 0.4) is 0 Å². The molecule has 0 radical (unpaired) electrons. The largest absolute Gasteiger partial charge is 0.481 e. The standard InChI is InChI=1S/C16H17ClN2O2/c1-12(21-15-6-2-5-14(17)10-15)16(20)19-9-7-13-4-3-8-18-11-13/h2-6,8,10-12H,7,9H2,1H3,(H,19,20)/t12-/m0/s1. The Bertz CT molecular complexity index is 590. The van der Waals surface area contributed by atoms with Gasteiger partial charge in [0, 0.05) is 24.0 Å². The van der Waals surface area contributed by atoms with Crippen molar-refractivity contribution in [3.63, 3.8) is 0 Å². The highest BCUT2D eigenvalue weighted by atomic mass is 35.5. The highest BCUT2D eigenvalue weighted by molar-refractivity contribution is 6.30. The fourth-order valence-corrected chi connectivity index (χ4v) is 2.00. The molecule has 0 aliphatic heterocycles. The lowest BCUT2D eigenvalue weighted by molar-refractivity contribution is -0.127. The third-order valence-electron chi connectivity index (χ3n) is 2.91. The lowest BCUT2D eigenvalue weighted by Crippen LogP contribution is -2.37. The number of benzene rings is 1. The van der Waals surface area contributed by atoms with Gasteiger partial charge in [0.25, 0.3) is 5.91 Å². The molecule has 5 heteroatoms. The van der Waals surface area contributed by atoms with Crippen LogP contribution in [-0.4, -0.2) is 23.5 Å². The molecule has 1 aromatic heterocycles. The molecule has 2 aromatic rings. The Balaban J connectivity index is 1.77. The van der Waals surface area contributed by atoms with Crippen LogP contribution in [0.2, 0.25) is 5.02 Å². The van der Waals surface area contributed by atoms with E-state index in [1.165, 1.54) is 0 Å². The van der Waals surface area contributed by atoms with Gasteiger partial charge in [-0.3, -0.25) is 9.78 Å². The summed E-state index contributed by atoms with van der Waals surface area (Å²) in [7, 11) is 0. The molecule has 1 aromatic carbocycles. The maximum Gasteiger partial charge on any atom is 0.260 e. The van der Waals surface area contributed by atoms with Crippen molar-refractivity contribution >= 4 is 17.5 Å². The van der Waals surface area contributed by atoms with E-state index >= 15 is 0 Å². The third-order valence-corrected chi connectivity index (χ3v) is 3.15. The smallest absolute Gasteiger partial charge is 0.260 e. The summed E-state index contributed by atoms with van der Waals surface area (Å²) in [5.41, 5.74) is 1.08. The van der Waals surface area contributed by atoms with Crippen molar-refractivity contribution in [1.29, 1.82) is 0 Å². The average molecular weight is 305 g/mol. The quantitative estimate of drug-likeness (QED) is 0.893. The SMILES string of the molecule is C[C@H](Oc1cccc(Cl)c1)C(=O)NCCc1cccnc1. The second-order valence-corrected chi connectivity index (χ2v) is 5.06. The molecule has 0 spiro atoms. The van der Waals surface area contributed by atoms with Gasteiger partial charge in [-0.05, 0) is 43.2 Å². The van der Waals surface area contributed by atoms with Gasteiger partial charge in [-0.2, -0.15) is 0 Å². The molecule has 1 N–H and O–H groups in total. The summed E-state index contributed by atoms with van der Waals surface area (Å²) < 4.78 is 5.55. The van der Waals surface area contributed by atoms with E-state index in [4.69, 9.17) is 16.3 Å². The van der Waals surface area contributed by atoms with E-state index < -0.39 is 6.10 Å². The number of hydrogen-bond donors (Lipinski definition) is 1. The van der Waals surface area contributed by atoms with Crippen molar-refractivity contribution in [1.82, 2.24) is 10.3 Å². The molecule has 2 rings (SSSR count). The van der Waals surface area contributed by atoms with E-state index in [2.05, 4.69) is 10.3 Å². The number of pyridine rings is 1. The van der Waals surface area contributed by atoms with Gasteiger partial charge in [0.1, 0.15) is 5.75 Å². The first-order chi connectivity index (χ1) is 10.1. The number of nitrogens with zero attached hydrogens (tertiary/aromatic N) is 1. The highest BCUT2D eigenvalue weighted by Gasteiger charge is 2.14. The van der Waals surface area contributed by atoms with Gasteiger partial charge >= 0.3 is 0 Å². The number of halogens is 1. The summed E-state index contributed by atoms with van der Waals surface area (Å²) in [5.74, 6) is 0.427. The van der Waals surface area contributed by atoms with Gasteiger partial charge in [-0.25, -0.2) is 0 Å². The van der Waals surface area contributed by atoms with Crippen LogP contribution in [0.15, 0.2) is 48.8 Å². The van der Waals surface area contributed by atoms with Gasteiger partial charge in [0.05, 0.1) is 0 Å². The Morgan fingerprint density at radius 1 is 1.38 bits per heavy atom. The summed E-state index contributed by atoms with van der Waals surface area (Å²) in [6.45, 7) is 2.26. The zero-order valence-corrected chi connectivity index (χ0v) is 12.5. The number of carbonyl (C=O) groups excluding carboxylic acids is 1. The molecule has 0 unspecified atom stereocenters. The predicted molar refractivity (Wildman–Crippen MR) is 82.5 cm³/mol. The molecular weight excluding hydrogens is 288 g/mol. The molecular formula is C16H17ClN2O2. The van der Waals surface area contributed by atoms with E-state index in [0.717, 1.165) is 12.0 Å². The number of ether oxygens (including phenoxy) is 1. The van der Waals surface area contributed by atoms with Crippen LogP contribution in [0, 0.1) is 0 Å². The number of nitrogens with one attached hydrogen (secondary N) is 1. The van der Waals surface area contributed by atoms with Gasteiger partial charge < -0.3 is 10.1 Å². The number of hydrogen-bond acceptors (Lipinski definition) is 3. The Hall–Kier alpha value is -2.07. The number of rotatable bonds is 6. The summed E-state index contributed by atoms with van der Waals surface area (Å²) in [5, 5.41) is 3.42. The Morgan fingerprint density at radius 2 is 2.24 bits per heavy atom. The molecule has 1 atom stereocenters. The van der Waals surface area contributed by atoms with Gasteiger partial charge in [0.2, 0.25) is 0 Å². The number of carbonyl (C=O) groups is 1. The van der Waals surface area contributed by atoms with E-state index in [-0.39, 0.29) is 5.91 Å². The summed E-state index contributed by atoms with van der Waals surface area (Å²) in [6.07, 6.45) is 3.68. The van der Waals surface area contributed by atoms with E-state index in [9.17, 15) is 4.79 Å². The molecule has 0 aliphatic rings. The van der Waals surface area contributed by atoms with Crippen molar-refractivity contribution in [2.24, 2.45) is 0 Å². The molecule has 0 bridgehead atoms. The monoisotopic (exact) mass is 304 g/mol. The van der Waals surface area contributed by atoms with Crippen LogP contribution >= 0.6 is 11.6 Å². The molecule has 0 saturated heterocycles. The Labute approximate surface area is 129 Å². The maximum absolute atomic E-state index is 11.9. The van der Waals surface area contributed by atoms with Crippen molar-refractivity contribution in [3.8, 4) is 5.75 Å². The molecule has 1 heterocycles. The molecule has 0 fully saturated rings. The first-order valence-electron chi connectivity index (χ1n) is 6.74. The zero-order chi connectivity index (χ0) is 15.1. The molecule has 110 valence electrons. The Kier molecular flexibility index (Phi) is 5.58. The Morgan fingerprint density at radius 3 is 2.95 bits per heavy atom. The predicted octanol–water partition coefficient (Wildman–Crippen LogP) is 2.86. The van der Waals surface area contributed by atoms with Crippen molar-refractivity contribution < 1.29 is 9.53 Å². The van der Waals surface area contributed by atoms with E-state index in [0.29, 0.717) is 17.3 Å². The topological polar surface area (TPSA) is 51.2 Å². The molecule has 1 amide bonds. The zero-order valence-electron chi connectivity index (χ0n) is 11.8. The molecule has 0 saturated carbocycles. The molecule has 4 nitrogen and oxygen atoms in total. The van der Waals surface area contributed by atoms with Crippen LogP contribution < -0.4 is 10.1 Å². The second kappa shape index (κ2) is 7.64. The van der Waals surface area contributed by atoms with Gasteiger partial charge in [0.15, 0.2) is 6.10 Å². The van der Waals surface area contributed by atoms with Crippen LogP contribution in [0.25, 0.3) is 0 Å². The maximum atomic E-state index is 11.9. The van der Waals surface area contributed by atoms with Crippen molar-refractivity contribution in [3.05, 3.63) is 59.4 Å². The van der Waals surface area contributed by atoms with Crippen LogP contribution in [0.4, 0.5) is 0 Å². The molecule has 0 aliphatic carbocycles. The first-order valence-corrected chi connectivity index (χ1v) is 7.12. The summed E-state index contributed by atoms with van der Waals surface area (Å²) in [4.78, 5) is 16.0. The second-order valence-electron chi connectivity index (χ2n) is 4.62. The van der Waals surface area contributed by atoms with Crippen LogP contribution in [0.5, 0.6) is 5.75 Å². The summed E-state index contributed by atoms with van der Waals surface area (Å²) in [6, 6.07) is 10.8. The van der Waals surface area contributed by atoms with Gasteiger partial charge in [-0.15, -0.1) is 0 Å². The first kappa shape index (κ1) is 15.3. The fourth-order valence-electron chi connectivity index (χ4n) is 1.82.